The first-order valence-electron chi connectivity index (χ1n) is 5.60. The summed E-state index contributed by atoms with van der Waals surface area (Å²) in [5.41, 5.74) is 2.22. The van der Waals surface area contributed by atoms with E-state index in [0.29, 0.717) is 5.56 Å². The second-order valence-electron chi connectivity index (χ2n) is 4.22. The molecule has 0 bridgehead atoms. The Balaban J connectivity index is 2.38. The number of hydrogen-bond donors (Lipinski definition) is 0. The van der Waals surface area contributed by atoms with Crippen LogP contribution in [0.15, 0.2) is 36.4 Å². The number of hydrogen-bond acceptors (Lipinski definition) is 0. The van der Waals surface area contributed by atoms with E-state index in [-0.39, 0.29) is 5.56 Å². The molecule has 0 heterocycles. The molecule has 0 aliphatic carbocycles. The molecular weight excluding hydrogens is 230 g/mol. The van der Waals surface area contributed by atoms with Gasteiger partial charge < -0.3 is 0 Å². The third-order valence-corrected chi connectivity index (χ3v) is 2.57. The van der Waals surface area contributed by atoms with Crippen molar-refractivity contribution >= 4 is 0 Å². The zero-order chi connectivity index (χ0) is 13.1. The van der Waals surface area contributed by atoms with Gasteiger partial charge in [0, 0.05) is 5.56 Å². The van der Waals surface area contributed by atoms with Gasteiger partial charge in [-0.05, 0) is 43.7 Å². The van der Waals surface area contributed by atoms with Crippen LogP contribution in [0.5, 0.6) is 0 Å². The smallest absolute Gasteiger partial charge is 0.142 e. The second kappa shape index (κ2) is 5.01. The van der Waals surface area contributed by atoms with Crippen LogP contribution in [0.3, 0.4) is 0 Å². The molecular formula is C16H12F2. The van der Waals surface area contributed by atoms with Gasteiger partial charge in [-0.25, -0.2) is 8.78 Å². The molecule has 18 heavy (non-hydrogen) atoms. The maximum atomic E-state index is 13.5. The zero-order valence-corrected chi connectivity index (χ0v) is 10.2. The van der Waals surface area contributed by atoms with E-state index in [1.165, 1.54) is 12.1 Å². The highest BCUT2D eigenvalue weighted by Crippen LogP contribution is 2.14. The number of rotatable bonds is 0. The van der Waals surface area contributed by atoms with Crippen molar-refractivity contribution in [3.8, 4) is 11.8 Å². The van der Waals surface area contributed by atoms with Crippen LogP contribution in [0.1, 0.15) is 22.3 Å². The molecule has 0 aromatic heterocycles. The van der Waals surface area contributed by atoms with E-state index in [0.717, 1.165) is 11.1 Å². The third kappa shape index (κ3) is 2.75. The van der Waals surface area contributed by atoms with E-state index in [1.807, 2.05) is 31.2 Å². The van der Waals surface area contributed by atoms with Gasteiger partial charge in [-0.2, -0.15) is 0 Å². The Bertz CT molecular complexity index is 605. The molecule has 2 aromatic rings. The van der Waals surface area contributed by atoms with Crippen molar-refractivity contribution < 1.29 is 8.78 Å². The van der Waals surface area contributed by atoms with Crippen molar-refractivity contribution in [3.63, 3.8) is 0 Å². The summed E-state index contributed by atoms with van der Waals surface area (Å²) in [5.74, 6) is 4.07. The topological polar surface area (TPSA) is 0 Å². The molecule has 2 heteroatoms. The first kappa shape index (κ1) is 12.3. The molecule has 0 aliphatic heterocycles. The minimum absolute atomic E-state index is 0.179. The minimum atomic E-state index is -0.618. The molecule has 0 N–H and O–H groups in total. The Labute approximate surface area is 105 Å². The van der Waals surface area contributed by atoms with Crippen LogP contribution in [-0.4, -0.2) is 0 Å². The van der Waals surface area contributed by atoms with E-state index < -0.39 is 11.6 Å². The lowest BCUT2D eigenvalue weighted by Crippen LogP contribution is -1.91. The van der Waals surface area contributed by atoms with E-state index in [2.05, 4.69) is 11.8 Å². The molecule has 0 saturated carbocycles. The first-order chi connectivity index (χ1) is 8.56. The van der Waals surface area contributed by atoms with Crippen molar-refractivity contribution in [2.24, 2.45) is 0 Å². The van der Waals surface area contributed by atoms with Gasteiger partial charge in [-0.1, -0.05) is 29.5 Å². The van der Waals surface area contributed by atoms with Gasteiger partial charge >= 0.3 is 0 Å². The van der Waals surface area contributed by atoms with Crippen LogP contribution >= 0.6 is 0 Å². The molecule has 0 radical (unpaired) electrons. The molecule has 0 amide bonds. The van der Waals surface area contributed by atoms with Crippen LogP contribution < -0.4 is 0 Å². The fourth-order valence-corrected chi connectivity index (χ4v) is 1.59. The van der Waals surface area contributed by atoms with E-state index in [4.69, 9.17) is 0 Å². The number of halogens is 2. The molecule has 0 atom stereocenters. The molecule has 0 fully saturated rings. The number of aryl methyl sites for hydroxylation is 2. The van der Waals surface area contributed by atoms with E-state index in [9.17, 15) is 8.78 Å². The summed E-state index contributed by atoms with van der Waals surface area (Å²) >= 11 is 0. The van der Waals surface area contributed by atoms with Gasteiger partial charge in [0.15, 0.2) is 0 Å². The highest BCUT2D eigenvalue weighted by atomic mass is 19.1. The van der Waals surface area contributed by atoms with Crippen molar-refractivity contribution in [1.82, 2.24) is 0 Å². The van der Waals surface area contributed by atoms with Gasteiger partial charge in [0.1, 0.15) is 11.6 Å². The standard InChI is InChI=1S/C16H12F2/c1-11-3-5-13(6-4-11)7-8-14-15(17)9-12(2)10-16(14)18/h3-6,9-10H,1-2H3. The van der Waals surface area contributed by atoms with Gasteiger partial charge in [0.2, 0.25) is 0 Å². The Morgan fingerprint density at radius 2 is 1.33 bits per heavy atom. The summed E-state index contributed by atoms with van der Waals surface area (Å²) in [5, 5.41) is 0. The maximum absolute atomic E-state index is 13.5. The Morgan fingerprint density at radius 1 is 0.778 bits per heavy atom. The molecule has 90 valence electrons. The summed E-state index contributed by atoms with van der Waals surface area (Å²) < 4.78 is 27.1. The lowest BCUT2D eigenvalue weighted by atomic mass is 10.1. The number of benzene rings is 2. The highest BCUT2D eigenvalue weighted by Gasteiger charge is 2.06. The van der Waals surface area contributed by atoms with E-state index in [1.54, 1.807) is 6.92 Å². The quantitative estimate of drug-likeness (QED) is 0.613. The fraction of sp³-hybridized carbons (Fsp3) is 0.125. The second-order valence-corrected chi connectivity index (χ2v) is 4.22. The van der Waals surface area contributed by atoms with Crippen LogP contribution in [0, 0.1) is 37.3 Å². The Kier molecular flexibility index (Phi) is 3.43. The summed E-state index contributed by atoms with van der Waals surface area (Å²) in [6, 6.07) is 10.0. The SMILES string of the molecule is Cc1ccc(C#Cc2c(F)cc(C)cc2F)cc1. The first-order valence-corrected chi connectivity index (χ1v) is 5.60. The van der Waals surface area contributed by atoms with Crippen LogP contribution in [0.2, 0.25) is 0 Å². The predicted octanol–water partition coefficient (Wildman–Crippen LogP) is 3.98. The average Bonchev–Trinajstić information content (AvgIpc) is 2.30. The maximum Gasteiger partial charge on any atom is 0.142 e. The van der Waals surface area contributed by atoms with Gasteiger partial charge in [0.05, 0.1) is 5.56 Å². The summed E-state index contributed by atoms with van der Waals surface area (Å²) in [6.45, 7) is 3.61. The van der Waals surface area contributed by atoms with Crippen molar-refractivity contribution in [1.29, 1.82) is 0 Å². The van der Waals surface area contributed by atoms with Crippen LogP contribution in [0.25, 0.3) is 0 Å². The monoisotopic (exact) mass is 242 g/mol. The van der Waals surface area contributed by atoms with Gasteiger partial charge in [-0.3, -0.25) is 0 Å². The summed E-state index contributed by atoms with van der Waals surface area (Å²) in [7, 11) is 0. The third-order valence-electron chi connectivity index (χ3n) is 2.57. The fourth-order valence-electron chi connectivity index (χ4n) is 1.59. The van der Waals surface area contributed by atoms with Crippen molar-refractivity contribution in [2.45, 2.75) is 13.8 Å². The lowest BCUT2D eigenvalue weighted by Gasteiger charge is -1.99. The van der Waals surface area contributed by atoms with Gasteiger partial charge in [0.25, 0.3) is 0 Å². The Morgan fingerprint density at radius 3 is 1.89 bits per heavy atom. The molecule has 0 saturated heterocycles. The van der Waals surface area contributed by atoms with E-state index >= 15 is 0 Å². The molecule has 0 unspecified atom stereocenters. The predicted molar refractivity (Wildman–Crippen MR) is 68.3 cm³/mol. The molecule has 2 aromatic carbocycles. The van der Waals surface area contributed by atoms with Crippen molar-refractivity contribution in [3.05, 3.63) is 70.3 Å². The lowest BCUT2D eigenvalue weighted by molar-refractivity contribution is 0.575. The highest BCUT2D eigenvalue weighted by molar-refractivity contribution is 5.45. The van der Waals surface area contributed by atoms with Crippen LogP contribution in [0.4, 0.5) is 8.78 Å². The van der Waals surface area contributed by atoms with Gasteiger partial charge in [-0.15, -0.1) is 0 Å². The van der Waals surface area contributed by atoms with Crippen molar-refractivity contribution in [2.75, 3.05) is 0 Å². The average molecular weight is 242 g/mol. The normalized spacial score (nSPS) is 9.78. The zero-order valence-electron chi connectivity index (χ0n) is 10.2. The largest absolute Gasteiger partial charge is 0.206 e. The minimum Gasteiger partial charge on any atom is -0.206 e. The molecule has 0 nitrogen and oxygen atoms in total. The molecule has 0 spiro atoms. The Hall–Kier alpha value is -2.14. The van der Waals surface area contributed by atoms with Crippen LogP contribution in [-0.2, 0) is 0 Å². The molecule has 2 rings (SSSR count). The summed E-state index contributed by atoms with van der Waals surface area (Å²) in [6.07, 6.45) is 0. The molecule has 0 aliphatic rings. The summed E-state index contributed by atoms with van der Waals surface area (Å²) in [4.78, 5) is 0.